The molecule has 1 rings (SSSR count). The highest BCUT2D eigenvalue weighted by molar-refractivity contribution is 14.1. The monoisotopic (exact) mass is 299 g/mol. The van der Waals surface area contributed by atoms with Gasteiger partial charge >= 0.3 is 0 Å². The average Bonchev–Trinajstić information content (AvgIpc) is 2.08. The van der Waals surface area contributed by atoms with E-state index in [0.29, 0.717) is 0 Å². The first-order chi connectivity index (χ1) is 6.02. The number of benzene rings is 1. The fraction of sp³-hybridized carbons (Fsp3) is 0.250. The molecule has 72 valence electrons. The van der Waals surface area contributed by atoms with Gasteiger partial charge in [0.1, 0.15) is 5.75 Å². The van der Waals surface area contributed by atoms with Gasteiger partial charge in [0.05, 0.1) is 6.04 Å². The molecule has 1 atom stereocenters. The first-order valence-electron chi connectivity index (χ1n) is 3.54. The Morgan fingerprint density at radius 2 is 2.00 bits per heavy atom. The number of phenolic OH excluding ortho intramolecular Hbond substituents is 1. The van der Waals surface area contributed by atoms with Gasteiger partial charge in [0, 0.05) is 9.13 Å². The average molecular weight is 299 g/mol. The number of halogens is 3. The van der Waals surface area contributed by atoms with Crippen molar-refractivity contribution in [2.45, 2.75) is 12.5 Å². The lowest BCUT2D eigenvalue weighted by Gasteiger charge is -2.12. The molecule has 0 aliphatic carbocycles. The first-order valence-corrected chi connectivity index (χ1v) is 4.62. The highest BCUT2D eigenvalue weighted by Gasteiger charge is 2.20. The van der Waals surface area contributed by atoms with Crippen LogP contribution in [0.4, 0.5) is 8.78 Å². The number of hydrogen-bond acceptors (Lipinski definition) is 2. The van der Waals surface area contributed by atoms with Crippen LogP contribution in [0.1, 0.15) is 11.6 Å². The molecule has 2 nitrogen and oxygen atoms in total. The second-order valence-corrected chi connectivity index (χ2v) is 3.81. The zero-order valence-electron chi connectivity index (χ0n) is 6.55. The van der Waals surface area contributed by atoms with Gasteiger partial charge in [-0.2, -0.15) is 0 Å². The number of hydrogen-bond donors (Lipinski definition) is 2. The number of phenols is 1. The summed E-state index contributed by atoms with van der Waals surface area (Å²) in [7, 11) is 0. The summed E-state index contributed by atoms with van der Waals surface area (Å²) < 4.78 is 25.1. The molecule has 0 aromatic heterocycles. The Morgan fingerprint density at radius 1 is 1.38 bits per heavy atom. The standard InChI is InChI=1S/C8H8F2INO/c9-8(10)7(12)5-3-4(11)1-2-6(5)13/h1-3,7-8,13H,12H2. The minimum absolute atomic E-state index is 0.0851. The summed E-state index contributed by atoms with van der Waals surface area (Å²) >= 11 is 1.97. The second-order valence-electron chi connectivity index (χ2n) is 2.56. The zero-order chi connectivity index (χ0) is 10.0. The molecule has 0 saturated carbocycles. The van der Waals surface area contributed by atoms with Crippen LogP contribution >= 0.6 is 22.6 Å². The van der Waals surface area contributed by atoms with Crippen LogP contribution in [-0.2, 0) is 0 Å². The Hall–Kier alpha value is -0.430. The quantitative estimate of drug-likeness (QED) is 0.823. The predicted octanol–water partition coefficient (Wildman–Crippen LogP) is 2.26. The summed E-state index contributed by atoms with van der Waals surface area (Å²) in [5.41, 5.74) is 5.28. The van der Waals surface area contributed by atoms with Crippen molar-refractivity contribution in [2.24, 2.45) is 5.73 Å². The molecule has 3 N–H and O–H groups in total. The van der Waals surface area contributed by atoms with E-state index in [0.717, 1.165) is 3.57 Å². The van der Waals surface area contributed by atoms with Crippen LogP contribution in [0.3, 0.4) is 0 Å². The Labute approximate surface area is 87.9 Å². The minimum atomic E-state index is -2.66. The van der Waals surface area contributed by atoms with Crippen molar-refractivity contribution in [2.75, 3.05) is 0 Å². The van der Waals surface area contributed by atoms with E-state index >= 15 is 0 Å². The molecule has 5 heteroatoms. The fourth-order valence-corrected chi connectivity index (χ4v) is 1.44. The fourth-order valence-electron chi connectivity index (χ4n) is 0.928. The highest BCUT2D eigenvalue weighted by Crippen LogP contribution is 2.27. The third-order valence-electron chi connectivity index (χ3n) is 1.62. The molecule has 13 heavy (non-hydrogen) atoms. The van der Waals surface area contributed by atoms with Gasteiger partial charge in [-0.15, -0.1) is 0 Å². The predicted molar refractivity (Wildman–Crippen MR) is 53.8 cm³/mol. The van der Waals surface area contributed by atoms with E-state index in [2.05, 4.69) is 0 Å². The van der Waals surface area contributed by atoms with Gasteiger partial charge in [0.2, 0.25) is 0 Å². The smallest absolute Gasteiger partial charge is 0.257 e. The number of aromatic hydroxyl groups is 1. The molecule has 1 unspecified atom stereocenters. The van der Waals surface area contributed by atoms with Crippen molar-refractivity contribution in [1.82, 2.24) is 0 Å². The van der Waals surface area contributed by atoms with Crippen molar-refractivity contribution in [3.63, 3.8) is 0 Å². The van der Waals surface area contributed by atoms with E-state index < -0.39 is 12.5 Å². The lowest BCUT2D eigenvalue weighted by molar-refractivity contribution is 0.115. The van der Waals surface area contributed by atoms with E-state index in [9.17, 15) is 13.9 Å². The van der Waals surface area contributed by atoms with E-state index in [1.807, 2.05) is 22.6 Å². The maximum absolute atomic E-state index is 12.2. The van der Waals surface area contributed by atoms with E-state index in [-0.39, 0.29) is 11.3 Å². The molecule has 0 saturated heterocycles. The second kappa shape index (κ2) is 4.19. The summed E-state index contributed by atoms with van der Waals surface area (Å²) in [4.78, 5) is 0. The molecular formula is C8H8F2INO. The molecule has 0 bridgehead atoms. The molecule has 1 aromatic rings. The van der Waals surface area contributed by atoms with Gasteiger partial charge in [-0.1, -0.05) is 0 Å². The zero-order valence-corrected chi connectivity index (χ0v) is 8.70. The molecule has 0 radical (unpaired) electrons. The normalized spacial score (nSPS) is 13.3. The van der Waals surface area contributed by atoms with Crippen LogP contribution in [0.5, 0.6) is 5.75 Å². The summed E-state index contributed by atoms with van der Waals surface area (Å²) in [5, 5.41) is 9.24. The Kier molecular flexibility index (Phi) is 3.43. The largest absolute Gasteiger partial charge is 0.508 e. The van der Waals surface area contributed by atoms with Gasteiger partial charge < -0.3 is 10.8 Å². The summed E-state index contributed by atoms with van der Waals surface area (Å²) in [6.45, 7) is 0. The van der Waals surface area contributed by atoms with Crippen molar-refractivity contribution in [1.29, 1.82) is 0 Å². The molecule has 0 spiro atoms. The maximum Gasteiger partial charge on any atom is 0.257 e. The molecule has 0 amide bonds. The van der Waals surface area contributed by atoms with Gasteiger partial charge in [0.15, 0.2) is 0 Å². The van der Waals surface area contributed by atoms with E-state index in [1.165, 1.54) is 12.1 Å². The summed E-state index contributed by atoms with van der Waals surface area (Å²) in [6, 6.07) is 3.01. The van der Waals surface area contributed by atoms with Crippen molar-refractivity contribution >= 4 is 22.6 Å². The molecule has 0 aliphatic heterocycles. The molecular weight excluding hydrogens is 291 g/mol. The van der Waals surface area contributed by atoms with Crippen molar-refractivity contribution < 1.29 is 13.9 Å². The molecule has 0 aliphatic rings. The van der Waals surface area contributed by atoms with E-state index in [1.54, 1.807) is 6.07 Å². The first kappa shape index (κ1) is 10.6. The Morgan fingerprint density at radius 3 is 2.54 bits per heavy atom. The van der Waals surface area contributed by atoms with Gasteiger partial charge in [-0.3, -0.25) is 0 Å². The summed E-state index contributed by atoms with van der Waals surface area (Å²) in [6.07, 6.45) is -2.66. The number of alkyl halides is 2. The van der Waals surface area contributed by atoms with Crippen LogP contribution < -0.4 is 5.73 Å². The van der Waals surface area contributed by atoms with Gasteiger partial charge in [-0.05, 0) is 40.8 Å². The molecule has 0 fully saturated rings. The minimum Gasteiger partial charge on any atom is -0.508 e. The van der Waals surface area contributed by atoms with Crippen LogP contribution in [0.25, 0.3) is 0 Å². The van der Waals surface area contributed by atoms with E-state index in [4.69, 9.17) is 5.73 Å². The van der Waals surface area contributed by atoms with Crippen molar-refractivity contribution in [3.05, 3.63) is 27.3 Å². The number of rotatable bonds is 2. The maximum atomic E-state index is 12.2. The van der Waals surface area contributed by atoms with Crippen molar-refractivity contribution in [3.8, 4) is 5.75 Å². The van der Waals surface area contributed by atoms with Crippen LogP contribution in [-0.4, -0.2) is 11.5 Å². The topological polar surface area (TPSA) is 46.2 Å². The highest BCUT2D eigenvalue weighted by atomic mass is 127. The van der Waals surface area contributed by atoms with Crippen LogP contribution in [0.15, 0.2) is 18.2 Å². The van der Waals surface area contributed by atoms with Crippen LogP contribution in [0, 0.1) is 3.57 Å². The number of nitrogens with two attached hydrogens (primary N) is 1. The molecule has 0 heterocycles. The van der Waals surface area contributed by atoms with Crippen LogP contribution in [0.2, 0.25) is 0 Å². The Bertz CT molecular complexity index is 306. The third-order valence-corrected chi connectivity index (χ3v) is 2.29. The third kappa shape index (κ3) is 2.50. The van der Waals surface area contributed by atoms with Gasteiger partial charge in [0.25, 0.3) is 6.43 Å². The summed E-state index contributed by atoms with van der Waals surface area (Å²) in [5.74, 6) is -0.187. The van der Waals surface area contributed by atoms with Gasteiger partial charge in [-0.25, -0.2) is 8.78 Å². The molecule has 1 aromatic carbocycles. The lowest BCUT2D eigenvalue weighted by Crippen LogP contribution is -2.19. The SMILES string of the molecule is NC(c1cc(I)ccc1O)C(F)F. The lowest BCUT2D eigenvalue weighted by atomic mass is 10.1. The Balaban J connectivity index is 3.05.